The molecule has 6 rings (SSSR count). The highest BCUT2D eigenvalue weighted by atomic mass is 32.2. The summed E-state index contributed by atoms with van der Waals surface area (Å²) in [5, 5.41) is 8.07. The van der Waals surface area contributed by atoms with Crippen LogP contribution in [0, 0.1) is 0 Å². The SMILES string of the molecule is CCCCCCCCN1CCN(c2ccc(-c3ccc4c(c3)C(=O)N(C(C(=O)NC3NC=CS3)c3ccccc3)C4)cc2)CC1. The van der Waals surface area contributed by atoms with Crippen molar-refractivity contribution < 1.29 is 9.59 Å². The van der Waals surface area contributed by atoms with Gasteiger partial charge in [0.15, 0.2) is 5.50 Å². The van der Waals surface area contributed by atoms with Crippen molar-refractivity contribution in [2.24, 2.45) is 0 Å². The zero-order valence-corrected chi connectivity index (χ0v) is 27.1. The van der Waals surface area contributed by atoms with Gasteiger partial charge in [-0.2, -0.15) is 0 Å². The number of piperazine rings is 1. The molecule has 0 aromatic heterocycles. The van der Waals surface area contributed by atoms with E-state index in [0.29, 0.717) is 12.1 Å². The molecule has 0 saturated carbocycles. The number of fused-ring (bicyclic) bond motifs is 1. The second kappa shape index (κ2) is 15.0. The molecule has 3 aromatic rings. The van der Waals surface area contributed by atoms with Gasteiger partial charge in [0.1, 0.15) is 6.04 Å². The Kier molecular flexibility index (Phi) is 10.4. The monoisotopic (exact) mass is 623 g/mol. The molecule has 8 heteroatoms. The first-order valence-electron chi connectivity index (χ1n) is 16.5. The van der Waals surface area contributed by atoms with Crippen LogP contribution in [0.2, 0.25) is 0 Å². The number of thioether (sulfide) groups is 1. The number of nitrogens with zero attached hydrogens (tertiary/aromatic N) is 3. The van der Waals surface area contributed by atoms with Crippen LogP contribution in [0.5, 0.6) is 0 Å². The van der Waals surface area contributed by atoms with E-state index in [2.05, 4.69) is 57.7 Å². The molecule has 3 aliphatic rings. The molecule has 3 aromatic carbocycles. The molecule has 2 unspecified atom stereocenters. The Labute approximate surface area is 272 Å². The van der Waals surface area contributed by atoms with Crippen molar-refractivity contribution >= 4 is 29.3 Å². The van der Waals surface area contributed by atoms with Crippen LogP contribution in [0.1, 0.15) is 73.0 Å². The van der Waals surface area contributed by atoms with E-state index in [1.165, 1.54) is 62.5 Å². The standard InChI is InChI=1S/C37H45N5O2S/c1-2-3-4-5-6-10-20-40-21-23-41(24-22-40)32-17-15-28(16-18-32)30-13-14-31-27-42(36(44)33(31)26-30)34(29-11-8-7-9-12-29)35(43)39-37-38-19-25-45-37/h7-9,11-19,25-26,34,37-38H,2-6,10,20-24,27H2,1H3,(H,39,43). The first-order chi connectivity index (χ1) is 22.1. The first kappa shape index (κ1) is 31.2. The number of carbonyl (C=O) groups excluding carboxylic acids is 2. The quantitative estimate of drug-likeness (QED) is 0.206. The van der Waals surface area contributed by atoms with E-state index in [9.17, 15) is 9.59 Å². The van der Waals surface area contributed by atoms with Crippen LogP contribution in [-0.2, 0) is 11.3 Å². The van der Waals surface area contributed by atoms with Gasteiger partial charge in [-0.25, -0.2) is 0 Å². The number of amides is 2. The smallest absolute Gasteiger partial charge is 0.255 e. The second-order valence-electron chi connectivity index (χ2n) is 12.3. The third-order valence-corrected chi connectivity index (χ3v) is 10.0. The summed E-state index contributed by atoms with van der Waals surface area (Å²) in [7, 11) is 0. The number of unbranched alkanes of at least 4 members (excludes halogenated alkanes) is 5. The normalized spacial score (nSPS) is 18.6. The highest BCUT2D eigenvalue weighted by Gasteiger charge is 2.38. The molecule has 3 aliphatic heterocycles. The van der Waals surface area contributed by atoms with E-state index < -0.39 is 6.04 Å². The average molecular weight is 624 g/mol. The zero-order valence-electron chi connectivity index (χ0n) is 26.3. The number of benzene rings is 3. The topological polar surface area (TPSA) is 67.9 Å². The number of hydrogen-bond donors (Lipinski definition) is 2. The minimum atomic E-state index is -0.719. The van der Waals surface area contributed by atoms with E-state index in [4.69, 9.17) is 0 Å². The molecule has 1 fully saturated rings. The summed E-state index contributed by atoms with van der Waals surface area (Å²) in [6.45, 7) is 8.24. The highest BCUT2D eigenvalue weighted by Crippen LogP contribution is 2.35. The minimum Gasteiger partial charge on any atom is -0.369 e. The fourth-order valence-electron chi connectivity index (χ4n) is 6.60. The summed E-state index contributed by atoms with van der Waals surface area (Å²) in [6.07, 6.45) is 9.91. The first-order valence-corrected chi connectivity index (χ1v) is 17.5. The van der Waals surface area contributed by atoms with E-state index in [-0.39, 0.29) is 17.3 Å². The van der Waals surface area contributed by atoms with Crippen molar-refractivity contribution in [3.05, 3.63) is 101 Å². The van der Waals surface area contributed by atoms with Gasteiger partial charge in [-0.1, -0.05) is 105 Å². The number of carbonyl (C=O) groups is 2. The fourth-order valence-corrected chi connectivity index (χ4v) is 7.25. The van der Waals surface area contributed by atoms with Crippen LogP contribution < -0.4 is 15.5 Å². The lowest BCUT2D eigenvalue weighted by molar-refractivity contribution is -0.126. The van der Waals surface area contributed by atoms with Crippen LogP contribution in [0.4, 0.5) is 5.69 Å². The summed E-state index contributed by atoms with van der Waals surface area (Å²) in [4.78, 5) is 34.2. The van der Waals surface area contributed by atoms with Crippen molar-refractivity contribution in [3.8, 4) is 11.1 Å². The molecule has 0 spiro atoms. The van der Waals surface area contributed by atoms with Crippen LogP contribution in [0.3, 0.4) is 0 Å². The number of anilines is 1. The molecule has 2 amide bonds. The van der Waals surface area contributed by atoms with Gasteiger partial charge in [0, 0.05) is 50.2 Å². The molecule has 45 heavy (non-hydrogen) atoms. The summed E-state index contributed by atoms with van der Waals surface area (Å²) in [5.41, 5.74) is 5.52. The molecular weight excluding hydrogens is 579 g/mol. The van der Waals surface area contributed by atoms with Gasteiger partial charge >= 0.3 is 0 Å². The summed E-state index contributed by atoms with van der Waals surface area (Å²) in [6, 6.07) is 23.7. The van der Waals surface area contributed by atoms with Gasteiger partial charge in [0.2, 0.25) is 5.91 Å². The van der Waals surface area contributed by atoms with Crippen molar-refractivity contribution in [1.82, 2.24) is 20.4 Å². The second-order valence-corrected chi connectivity index (χ2v) is 13.3. The Morgan fingerprint density at radius 3 is 2.38 bits per heavy atom. The molecule has 3 heterocycles. The van der Waals surface area contributed by atoms with Crippen molar-refractivity contribution in [2.75, 3.05) is 37.6 Å². The lowest BCUT2D eigenvalue weighted by Gasteiger charge is -2.36. The molecule has 236 valence electrons. The molecule has 0 aliphatic carbocycles. The van der Waals surface area contributed by atoms with Gasteiger partial charge < -0.3 is 20.4 Å². The number of hydrogen-bond acceptors (Lipinski definition) is 6. The maximum Gasteiger partial charge on any atom is 0.255 e. The molecule has 2 atom stereocenters. The van der Waals surface area contributed by atoms with E-state index >= 15 is 0 Å². The van der Waals surface area contributed by atoms with Crippen molar-refractivity contribution in [3.63, 3.8) is 0 Å². The number of rotatable bonds is 13. The van der Waals surface area contributed by atoms with Crippen LogP contribution >= 0.6 is 11.8 Å². The lowest BCUT2D eigenvalue weighted by atomic mass is 10.00. The predicted octanol–water partition coefficient (Wildman–Crippen LogP) is 6.74. The predicted molar refractivity (Wildman–Crippen MR) is 185 cm³/mol. The maximum atomic E-state index is 13.9. The zero-order chi connectivity index (χ0) is 31.0. The van der Waals surface area contributed by atoms with Gasteiger partial charge in [-0.3, -0.25) is 14.5 Å². The Hall–Kier alpha value is -3.75. The Morgan fingerprint density at radius 1 is 0.911 bits per heavy atom. The van der Waals surface area contributed by atoms with Crippen molar-refractivity contribution in [2.45, 2.75) is 63.5 Å². The highest BCUT2D eigenvalue weighted by molar-refractivity contribution is 8.02. The summed E-state index contributed by atoms with van der Waals surface area (Å²) < 4.78 is 0. The van der Waals surface area contributed by atoms with E-state index in [1.807, 2.05) is 54.1 Å². The molecule has 0 radical (unpaired) electrons. The number of nitrogens with one attached hydrogen (secondary N) is 2. The van der Waals surface area contributed by atoms with Gasteiger partial charge in [0.25, 0.3) is 5.91 Å². The van der Waals surface area contributed by atoms with E-state index in [0.717, 1.165) is 48.4 Å². The molecular formula is C37H45N5O2S. The van der Waals surface area contributed by atoms with Crippen LogP contribution in [0.25, 0.3) is 11.1 Å². The molecule has 7 nitrogen and oxygen atoms in total. The van der Waals surface area contributed by atoms with Gasteiger partial charge in [0.05, 0.1) is 0 Å². The Bertz CT molecular complexity index is 1460. The third-order valence-electron chi connectivity index (χ3n) is 9.19. The summed E-state index contributed by atoms with van der Waals surface area (Å²) >= 11 is 1.50. The molecule has 0 bridgehead atoms. The van der Waals surface area contributed by atoms with Gasteiger partial charge in [-0.15, -0.1) is 0 Å². The third kappa shape index (κ3) is 7.56. The minimum absolute atomic E-state index is 0.114. The Balaban J connectivity index is 1.08. The van der Waals surface area contributed by atoms with E-state index in [1.54, 1.807) is 4.90 Å². The fraction of sp³-hybridized carbons (Fsp3) is 0.405. The van der Waals surface area contributed by atoms with Crippen LogP contribution in [-0.4, -0.2) is 59.8 Å². The largest absolute Gasteiger partial charge is 0.369 e. The average Bonchev–Trinajstić information content (AvgIpc) is 3.71. The summed E-state index contributed by atoms with van der Waals surface area (Å²) in [5.74, 6) is -0.313. The molecule has 1 saturated heterocycles. The van der Waals surface area contributed by atoms with Gasteiger partial charge in [-0.05, 0) is 58.8 Å². The molecule has 2 N–H and O–H groups in total. The Morgan fingerprint density at radius 2 is 1.64 bits per heavy atom. The van der Waals surface area contributed by atoms with Crippen molar-refractivity contribution in [1.29, 1.82) is 0 Å². The lowest BCUT2D eigenvalue weighted by Crippen LogP contribution is -2.46. The van der Waals surface area contributed by atoms with Crippen LogP contribution in [0.15, 0.2) is 84.4 Å². The maximum absolute atomic E-state index is 13.9.